The third-order valence-electron chi connectivity index (χ3n) is 22.9. The van der Waals surface area contributed by atoms with Crippen LogP contribution in [0.5, 0.6) is 0 Å². The van der Waals surface area contributed by atoms with Crippen LogP contribution in [0.2, 0.25) is 41.8 Å². The molecule has 1 atom stereocenters. The van der Waals surface area contributed by atoms with Gasteiger partial charge in [-0.1, -0.05) is 104 Å². The molecule has 21 rings (SSSR count). The molecular formula is C92H90BCl9F5NaO25S14. The van der Waals surface area contributed by atoms with Gasteiger partial charge in [0.1, 0.15) is 48.7 Å². The normalized spacial score (nSPS) is 16.8. The molecule has 4 N–H and O–H groups in total. The number of fused-ring (bicyclic) bond motifs is 9. The Kier molecular flexibility index (Phi) is 45.3. The largest absolute Gasteiger partial charge is 1.00 e. The van der Waals surface area contributed by atoms with E-state index in [1.165, 1.54) is 105 Å². The number of carbonyl (C=O) groups is 4. The molecule has 10 heterocycles. The van der Waals surface area contributed by atoms with Gasteiger partial charge in [0.05, 0.1) is 77.9 Å². The zero-order valence-electron chi connectivity index (χ0n) is 79.2. The molecule has 3 saturated heterocycles. The maximum Gasteiger partial charge on any atom is 1.00 e. The van der Waals surface area contributed by atoms with Gasteiger partial charge in [0.15, 0.2) is 90.1 Å². The molecule has 3 aliphatic heterocycles. The van der Waals surface area contributed by atoms with Gasteiger partial charge < -0.3 is 66.0 Å². The predicted molar refractivity (Wildman–Crippen MR) is 571 cm³/mol. The van der Waals surface area contributed by atoms with E-state index in [0.29, 0.717) is 172 Å². The van der Waals surface area contributed by atoms with E-state index in [4.69, 9.17) is 158 Å². The number of alkyl halides is 1. The molecule has 11 aromatic rings. The molecule has 0 saturated carbocycles. The van der Waals surface area contributed by atoms with Gasteiger partial charge in [0.25, 0.3) is 0 Å². The number of aliphatic hydroxyl groups is 2. The zero-order valence-corrected chi connectivity index (χ0v) is 99.4. The number of sulfone groups is 5. The monoisotopic (exact) mass is 2490 g/mol. The number of rotatable bonds is 13. The van der Waals surface area contributed by atoms with Crippen molar-refractivity contribution in [3.05, 3.63) is 216 Å². The number of hydrogen-bond acceptors (Lipinski definition) is 34. The smallest absolute Gasteiger partial charge is 0.796 e. The molecule has 25 nitrogen and oxygen atoms in total. The molecular weight excluding hydrogens is 2400 g/mol. The molecule has 0 bridgehead atoms. The van der Waals surface area contributed by atoms with E-state index in [1.54, 1.807) is 30.2 Å². The van der Waals surface area contributed by atoms with Crippen molar-refractivity contribution >= 4 is 293 Å². The predicted octanol–water partition coefficient (Wildman–Crippen LogP) is 18.9. The Morgan fingerprint density at radius 2 is 0.728 bits per heavy atom. The molecule has 0 radical (unpaired) electrons. The number of aliphatic hydroxyl groups excluding tert-OH is 2. The van der Waals surface area contributed by atoms with Gasteiger partial charge in [-0.15, -0.1) is 91.1 Å². The SMILES string of the molecule is C1CCOC1.COC1(OC)c2c(S(C)(=O)=O)sc(-c3cc(F)cc(Cl)c3)c2CC1F.CS(=O)(=O)c1sc(-c2cc(F)cc(Cl)c2)c2c1C(=O)CC2.CS(=O)(=O)c1sc(-c2cc(F)cc(Cl)c2)c2c1C1(CC2)OCCO1.CS(=O)(=O)c1sc(Cl)c2c1C(=O)CC2.CS(=O)(=O)c1sc(Cl)c2c1C1(CC2)OCCO1.CSc1sc(Cl)c2c1C(=O)CC2.C[S-].O=C1CCc2c(Cl)sc(Cl)c21.OB(O)c1cc(F)cc(Cl)c1.OCCO.[Na+]. The first-order valence-corrected chi connectivity index (χ1v) is 63.9. The van der Waals surface area contributed by atoms with Crippen LogP contribution in [0.1, 0.15) is 148 Å². The van der Waals surface area contributed by atoms with E-state index < -0.39 is 103 Å². The summed E-state index contributed by atoms with van der Waals surface area (Å²) in [5.41, 5.74) is 10.7. The first kappa shape index (κ1) is 126. The quantitative estimate of drug-likeness (QED) is 0.0274. The van der Waals surface area contributed by atoms with Crippen molar-refractivity contribution < 1.29 is 166 Å². The average Bonchev–Trinajstić information content (AvgIpc) is 1.57. The van der Waals surface area contributed by atoms with Crippen molar-refractivity contribution in [2.45, 2.75) is 145 Å². The first-order valence-electron chi connectivity index (χ1n) is 43.3. The number of ketones is 4. The van der Waals surface area contributed by atoms with Crippen LogP contribution < -0.4 is 35.0 Å². The summed E-state index contributed by atoms with van der Waals surface area (Å²) in [5, 5.41) is 33.3. The standard InChI is InChI=1S/C16H15ClF2O4S2.C16H14ClFO4S2.C14H10ClFO3S2.C10H11ClO4S2.C8H7ClO3S2.C8H7ClOS2.C7H4Cl2OS.C6H5BClFO2.C4H8O.C2H6O2.CH4S.Na/c1-22-16(23-2)12(19)7-11-13(16)15(25(3,20)21)24-14(11)8-4-9(17)6-10(18)5-8;1-24(19,20)15-13-12(2-3-16(13)21-4-5-22-16)14(23-15)9-6-10(17)8-11(18)7-9;1-21(18,19)14-12-10(2-3-11(12)17)13(20-14)7-4-8(15)6-9(16)5-7;1-17(12,13)9-7-6(8(11)16-9)2-3-10(7)14-4-5-15-10;1-14(11,12)8-6-4(7(9)13-8)2-3-5(6)10;1-11-8-6-4(7(9)12-8)2-3-5(6)10;8-6-3-1-2-4(10)5(3)7(9)11-6;8-5-1-4(7(10)11)2-6(9)3-5;1-2-4-5-3-1;3-1-2-4;1-2;/h4-6,12H,7H2,1-3H3;6-8H,2-5H2,1H3;4-6H,2-3H2,1H3;2-5H2,1H3;2-3H2,1H3;2-3H2,1H3;1-2H2;1-3,10-11H;1-4H2;3-4H,1-2H2;2H,1H3;/q;;;;;;;;;;;+1/p-1. The number of thiophene rings is 7. The second-order valence-electron chi connectivity index (χ2n) is 33.0. The van der Waals surface area contributed by atoms with Crippen LogP contribution in [0.15, 0.2) is 98.1 Å². The Hall–Kier alpha value is -3.21. The van der Waals surface area contributed by atoms with E-state index >= 15 is 0 Å². The molecule has 4 aromatic carbocycles. The maximum absolute atomic E-state index is 14.8. The van der Waals surface area contributed by atoms with E-state index in [1.807, 2.05) is 6.26 Å². The summed E-state index contributed by atoms with van der Waals surface area (Å²) in [6, 6.07) is 15.6. The molecule has 2 spiro atoms. The Labute approximate surface area is 951 Å². The van der Waals surface area contributed by atoms with Gasteiger partial charge in [-0.2, -0.15) is 6.26 Å². The van der Waals surface area contributed by atoms with Gasteiger partial charge in [-0.05, 0) is 192 Å². The first-order chi connectivity index (χ1) is 68.5. The van der Waals surface area contributed by atoms with Crippen molar-refractivity contribution in [3.8, 4) is 31.3 Å². The third kappa shape index (κ3) is 29.3. The summed E-state index contributed by atoms with van der Waals surface area (Å²) in [6.07, 6.45) is 17.0. The summed E-state index contributed by atoms with van der Waals surface area (Å²) in [6.45, 7) is 3.60. The topological polar surface area (TPSA) is 385 Å². The second-order valence-corrected chi connectivity index (χ2v) is 57.0. The Morgan fingerprint density at radius 1 is 0.401 bits per heavy atom. The third-order valence-corrected chi connectivity index (χ3v) is 44.0. The van der Waals surface area contributed by atoms with Gasteiger partial charge in [0.2, 0.25) is 5.79 Å². The molecule has 147 heavy (non-hydrogen) atoms. The van der Waals surface area contributed by atoms with Crippen molar-refractivity contribution in [3.63, 3.8) is 0 Å². The molecule has 794 valence electrons. The minimum Gasteiger partial charge on any atom is -0.796 e. The molecule has 0 amide bonds. The number of Topliss-reactive ketones (excluding diaryl/α,β-unsaturated/α-hetero) is 4. The fraction of sp³-hybridized carbons (Fsp3) is 0.391. The number of methoxy groups -OCH3 is 2. The van der Waals surface area contributed by atoms with Crippen LogP contribution in [0.4, 0.5) is 22.0 Å². The number of thioether (sulfide) groups is 1. The van der Waals surface area contributed by atoms with Gasteiger partial charge in [-0.3, -0.25) is 19.2 Å². The number of ether oxygens (including phenoxy) is 7. The van der Waals surface area contributed by atoms with Crippen molar-refractivity contribution in [1.82, 2.24) is 0 Å². The molecule has 10 aliphatic rings. The minimum absolute atomic E-state index is 0. The number of carbonyl (C=O) groups excluding carboxylic acids is 4. The van der Waals surface area contributed by atoms with Gasteiger partial charge in [0, 0.05) is 161 Å². The van der Waals surface area contributed by atoms with Crippen LogP contribution in [0.3, 0.4) is 0 Å². The van der Waals surface area contributed by atoms with Crippen molar-refractivity contribution in [2.75, 3.05) is 111 Å². The number of benzene rings is 4. The maximum atomic E-state index is 14.8. The van der Waals surface area contributed by atoms with E-state index in [0.717, 1.165) is 156 Å². The van der Waals surface area contributed by atoms with Crippen LogP contribution >= 0.6 is 196 Å². The van der Waals surface area contributed by atoms with E-state index in [-0.39, 0.29) is 136 Å². The molecule has 55 heteroatoms. The van der Waals surface area contributed by atoms with E-state index in [2.05, 4.69) is 12.6 Å². The molecule has 7 aliphatic carbocycles. The second kappa shape index (κ2) is 53.0. The average molecular weight is 2490 g/mol. The summed E-state index contributed by atoms with van der Waals surface area (Å²) in [4.78, 5) is 47.7. The molecule has 7 aromatic heterocycles. The fourth-order valence-corrected chi connectivity index (χ4v) is 35.7. The van der Waals surface area contributed by atoms with Crippen LogP contribution in [-0.2, 0) is 157 Å². The zero-order chi connectivity index (χ0) is 108. The fourth-order valence-electron chi connectivity index (χ4n) is 17.0. The van der Waals surface area contributed by atoms with E-state index in [9.17, 15) is 83.2 Å². The summed E-state index contributed by atoms with van der Waals surface area (Å²) < 4.78 is 230. The van der Waals surface area contributed by atoms with Gasteiger partial charge in [-0.25, -0.2) is 64.0 Å². The number of halogens is 14. The summed E-state index contributed by atoms with van der Waals surface area (Å²) >= 11 is 66.4. The van der Waals surface area contributed by atoms with Gasteiger partial charge >= 0.3 is 36.7 Å². The van der Waals surface area contributed by atoms with Crippen LogP contribution in [0, 0.1) is 23.3 Å². The van der Waals surface area contributed by atoms with Crippen LogP contribution in [-0.4, -0.2) is 210 Å². The number of hydrogen-bond donors (Lipinski definition) is 4. The Morgan fingerprint density at radius 3 is 1.12 bits per heavy atom. The molecule has 3 fully saturated rings. The summed E-state index contributed by atoms with van der Waals surface area (Å²) in [7, 11) is -16.4. The van der Waals surface area contributed by atoms with Crippen molar-refractivity contribution in [1.29, 1.82) is 0 Å². The van der Waals surface area contributed by atoms with Crippen LogP contribution in [0.25, 0.3) is 31.3 Å². The summed E-state index contributed by atoms with van der Waals surface area (Å²) in [5.74, 6) is -5.64. The minimum atomic E-state index is -3.69. The molecule has 1 unspecified atom stereocenters. The van der Waals surface area contributed by atoms with Crippen molar-refractivity contribution in [2.24, 2.45) is 0 Å². The Balaban J connectivity index is 0.000000172. The Bertz CT molecular complexity index is 7290.